The van der Waals surface area contributed by atoms with Crippen molar-refractivity contribution in [3.8, 4) is 0 Å². The molecule has 0 bridgehead atoms. The summed E-state index contributed by atoms with van der Waals surface area (Å²) >= 11 is 0. The third-order valence-electron chi connectivity index (χ3n) is 3.36. The molecule has 0 aromatic carbocycles. The van der Waals surface area contributed by atoms with Crippen LogP contribution in [0.4, 0.5) is 0 Å². The van der Waals surface area contributed by atoms with Gasteiger partial charge in [0.2, 0.25) is 5.72 Å². The van der Waals surface area contributed by atoms with E-state index in [-0.39, 0.29) is 11.0 Å². The molecule has 1 heterocycles. The molecule has 4 heteroatoms. The fourth-order valence-corrected chi connectivity index (χ4v) is 1.17. The van der Waals surface area contributed by atoms with E-state index in [1.165, 1.54) is 0 Å². The van der Waals surface area contributed by atoms with Crippen molar-refractivity contribution in [2.45, 2.75) is 45.9 Å². The highest BCUT2D eigenvalue weighted by molar-refractivity contribution is 5.06. The van der Waals surface area contributed by atoms with E-state index >= 15 is 0 Å². The van der Waals surface area contributed by atoms with Gasteiger partial charge in [0.25, 0.3) is 0 Å². The van der Waals surface area contributed by atoms with Gasteiger partial charge >= 0.3 is 0 Å². The molecule has 0 spiro atoms. The van der Waals surface area contributed by atoms with Gasteiger partial charge in [0, 0.05) is 5.41 Å². The average molecular weight is 172 g/mol. The van der Waals surface area contributed by atoms with Crippen molar-refractivity contribution < 1.29 is 10.1 Å². The lowest BCUT2D eigenvalue weighted by Gasteiger charge is -2.39. The van der Waals surface area contributed by atoms with Gasteiger partial charge in [0.05, 0.1) is 5.54 Å². The Hall–Kier alpha value is -0.480. The summed E-state index contributed by atoms with van der Waals surface area (Å²) in [5.74, 6) is 0. The second-order valence-corrected chi connectivity index (χ2v) is 4.46. The van der Waals surface area contributed by atoms with Crippen molar-refractivity contribution in [3.63, 3.8) is 0 Å². The van der Waals surface area contributed by atoms with E-state index in [0.717, 1.165) is 0 Å². The lowest BCUT2D eigenvalue weighted by atomic mass is 9.70. The van der Waals surface area contributed by atoms with Crippen LogP contribution in [-0.4, -0.2) is 16.5 Å². The van der Waals surface area contributed by atoms with Crippen LogP contribution in [0.1, 0.15) is 34.6 Å². The summed E-state index contributed by atoms with van der Waals surface area (Å²) in [6, 6.07) is 0. The molecule has 0 saturated carbocycles. The SMILES string of the molecule is CC1(C)N=NC(C)(OO)C1(C)C. The fraction of sp³-hybridized carbons (Fsp3) is 1.00. The van der Waals surface area contributed by atoms with E-state index in [0.29, 0.717) is 0 Å². The predicted octanol–water partition coefficient (Wildman–Crippen LogP) is 2.46. The molecule has 0 amide bonds. The molecule has 1 aliphatic heterocycles. The van der Waals surface area contributed by atoms with Crippen molar-refractivity contribution in [3.05, 3.63) is 0 Å². The summed E-state index contributed by atoms with van der Waals surface area (Å²) in [5.41, 5.74) is -1.53. The fourth-order valence-electron chi connectivity index (χ4n) is 1.17. The van der Waals surface area contributed by atoms with E-state index in [4.69, 9.17) is 5.26 Å². The van der Waals surface area contributed by atoms with Crippen LogP contribution >= 0.6 is 0 Å². The molecule has 1 atom stereocenters. The molecule has 70 valence electrons. The number of nitrogens with zero attached hydrogens (tertiary/aromatic N) is 2. The molecule has 1 N–H and O–H groups in total. The first-order valence-electron chi connectivity index (χ1n) is 4.03. The molecule has 0 aromatic rings. The minimum Gasteiger partial charge on any atom is -0.249 e. The summed E-state index contributed by atoms with van der Waals surface area (Å²) in [6.07, 6.45) is 0. The van der Waals surface area contributed by atoms with Crippen LogP contribution in [0.5, 0.6) is 0 Å². The van der Waals surface area contributed by atoms with E-state index in [2.05, 4.69) is 15.1 Å². The Morgan fingerprint density at radius 1 is 1.00 bits per heavy atom. The number of rotatable bonds is 1. The molecule has 4 nitrogen and oxygen atoms in total. The van der Waals surface area contributed by atoms with Gasteiger partial charge in [0.15, 0.2) is 0 Å². The first-order chi connectivity index (χ1) is 5.27. The van der Waals surface area contributed by atoms with Crippen LogP contribution in [-0.2, 0) is 4.89 Å². The Balaban J connectivity index is 3.09. The Bertz CT molecular complexity index is 223. The molecule has 0 aliphatic carbocycles. The quantitative estimate of drug-likeness (QED) is 0.488. The summed E-state index contributed by atoms with van der Waals surface area (Å²) < 4.78 is 0. The molecule has 12 heavy (non-hydrogen) atoms. The van der Waals surface area contributed by atoms with Gasteiger partial charge in [-0.05, 0) is 20.8 Å². The Kier molecular flexibility index (Phi) is 1.81. The van der Waals surface area contributed by atoms with E-state index in [1.807, 2.05) is 27.7 Å². The monoisotopic (exact) mass is 172 g/mol. The van der Waals surface area contributed by atoms with Crippen LogP contribution in [0.15, 0.2) is 10.2 Å². The van der Waals surface area contributed by atoms with Gasteiger partial charge < -0.3 is 0 Å². The molecular formula is C8H16N2O2. The van der Waals surface area contributed by atoms with Crippen LogP contribution in [0.3, 0.4) is 0 Å². The number of hydrogen-bond donors (Lipinski definition) is 1. The third-order valence-corrected chi connectivity index (χ3v) is 3.36. The minimum absolute atomic E-state index is 0.301. The van der Waals surface area contributed by atoms with Crippen molar-refractivity contribution in [1.29, 1.82) is 0 Å². The Morgan fingerprint density at radius 2 is 1.50 bits per heavy atom. The lowest BCUT2D eigenvalue weighted by Crippen LogP contribution is -2.49. The van der Waals surface area contributed by atoms with E-state index in [9.17, 15) is 0 Å². The Labute approximate surface area is 72.6 Å². The molecule has 0 saturated heterocycles. The van der Waals surface area contributed by atoms with E-state index < -0.39 is 5.72 Å². The van der Waals surface area contributed by atoms with Crippen LogP contribution in [0, 0.1) is 5.41 Å². The molecule has 0 fully saturated rings. The summed E-state index contributed by atoms with van der Waals surface area (Å²) in [6.45, 7) is 9.62. The third kappa shape index (κ3) is 0.912. The first kappa shape index (κ1) is 9.61. The molecule has 0 aromatic heterocycles. The van der Waals surface area contributed by atoms with Gasteiger partial charge in [-0.25, -0.2) is 10.1 Å². The normalized spacial score (nSPS) is 37.2. The molecular weight excluding hydrogens is 156 g/mol. The Morgan fingerprint density at radius 3 is 1.67 bits per heavy atom. The maximum atomic E-state index is 8.74. The molecule has 0 radical (unpaired) electrons. The topological polar surface area (TPSA) is 54.2 Å². The van der Waals surface area contributed by atoms with Gasteiger partial charge in [-0.2, -0.15) is 10.2 Å². The highest BCUT2D eigenvalue weighted by Gasteiger charge is 2.57. The standard InChI is InChI=1S/C8H16N2O2/c1-6(2)7(3,4)9-10-8(6,5)12-11/h11H,1-5H3. The van der Waals surface area contributed by atoms with E-state index in [1.54, 1.807) is 6.92 Å². The second kappa shape index (κ2) is 2.26. The van der Waals surface area contributed by atoms with Crippen molar-refractivity contribution in [1.82, 2.24) is 0 Å². The molecule has 1 aliphatic rings. The van der Waals surface area contributed by atoms with Gasteiger partial charge in [-0.1, -0.05) is 13.8 Å². The summed E-state index contributed by atoms with van der Waals surface area (Å²) in [4.78, 5) is 4.39. The van der Waals surface area contributed by atoms with Crippen LogP contribution < -0.4 is 0 Å². The van der Waals surface area contributed by atoms with Crippen LogP contribution in [0.2, 0.25) is 0 Å². The number of azo groups is 1. The summed E-state index contributed by atoms with van der Waals surface area (Å²) in [5, 5.41) is 16.8. The first-order valence-corrected chi connectivity index (χ1v) is 4.03. The van der Waals surface area contributed by atoms with Crippen molar-refractivity contribution >= 4 is 0 Å². The average Bonchev–Trinajstić information content (AvgIpc) is 2.12. The summed E-state index contributed by atoms with van der Waals surface area (Å²) in [7, 11) is 0. The maximum Gasteiger partial charge on any atom is 0.216 e. The van der Waals surface area contributed by atoms with Gasteiger partial charge in [-0.15, -0.1) is 0 Å². The maximum absolute atomic E-state index is 8.74. The highest BCUT2D eigenvalue weighted by Crippen LogP contribution is 2.50. The predicted molar refractivity (Wildman–Crippen MR) is 44.8 cm³/mol. The molecule has 1 rings (SSSR count). The van der Waals surface area contributed by atoms with Crippen LogP contribution in [0.25, 0.3) is 0 Å². The zero-order valence-corrected chi connectivity index (χ0v) is 8.25. The highest BCUT2D eigenvalue weighted by atomic mass is 17.1. The second-order valence-electron chi connectivity index (χ2n) is 4.46. The van der Waals surface area contributed by atoms with Crippen molar-refractivity contribution in [2.24, 2.45) is 15.6 Å². The zero-order valence-electron chi connectivity index (χ0n) is 8.25. The van der Waals surface area contributed by atoms with Crippen molar-refractivity contribution in [2.75, 3.05) is 0 Å². The number of hydrogen-bond acceptors (Lipinski definition) is 4. The van der Waals surface area contributed by atoms with Gasteiger partial charge in [-0.3, -0.25) is 0 Å². The lowest BCUT2D eigenvalue weighted by molar-refractivity contribution is -0.342. The smallest absolute Gasteiger partial charge is 0.216 e. The molecule has 1 unspecified atom stereocenters. The zero-order chi connectivity index (χ0) is 9.62. The minimum atomic E-state index is -0.920. The van der Waals surface area contributed by atoms with Gasteiger partial charge in [0.1, 0.15) is 0 Å². The largest absolute Gasteiger partial charge is 0.249 e.